The molecule has 0 bridgehead atoms. The lowest BCUT2D eigenvalue weighted by Crippen LogP contribution is -2.65. The summed E-state index contributed by atoms with van der Waals surface area (Å²) in [5, 5.41) is 19.5. The highest BCUT2D eigenvalue weighted by Crippen LogP contribution is 2.77. The number of carbonyl (C=O) groups is 3. The fraction of sp³-hybridized carbons (Fsp3) is 0.717. The molecular formula is C46H63ClN2O6. The summed E-state index contributed by atoms with van der Waals surface area (Å²) < 4.78 is 12.6. The molecule has 8 nitrogen and oxygen atoms in total. The molecule has 0 unspecified atom stereocenters. The number of allylic oxidation sites excluding steroid dienone is 2. The van der Waals surface area contributed by atoms with E-state index < -0.39 is 17.4 Å². The van der Waals surface area contributed by atoms with Crippen LogP contribution in [0.3, 0.4) is 0 Å². The summed E-state index contributed by atoms with van der Waals surface area (Å²) in [6.45, 7) is 21.9. The summed E-state index contributed by atoms with van der Waals surface area (Å²) in [6, 6.07) is 7.77. The molecule has 1 aromatic heterocycles. The molecule has 0 spiro atoms. The Balaban J connectivity index is 1.16. The minimum Gasteiger partial charge on any atom is -0.481 e. The van der Waals surface area contributed by atoms with Crippen molar-refractivity contribution < 1.29 is 28.6 Å². The van der Waals surface area contributed by atoms with Crippen molar-refractivity contribution in [1.82, 2.24) is 10.2 Å². The Labute approximate surface area is 333 Å². The van der Waals surface area contributed by atoms with Crippen molar-refractivity contribution in [2.45, 2.75) is 152 Å². The van der Waals surface area contributed by atoms with Gasteiger partial charge in [-0.2, -0.15) is 0 Å². The molecular weight excluding hydrogens is 712 g/mol. The van der Waals surface area contributed by atoms with Crippen LogP contribution in [0.2, 0.25) is 5.02 Å². The van der Waals surface area contributed by atoms with Crippen molar-refractivity contribution in [3.63, 3.8) is 0 Å². The van der Waals surface area contributed by atoms with Gasteiger partial charge in [-0.05, 0) is 135 Å². The third kappa shape index (κ3) is 6.25. The quantitative estimate of drug-likeness (QED) is 0.250. The van der Waals surface area contributed by atoms with Crippen LogP contribution in [0.25, 0.3) is 0 Å². The van der Waals surface area contributed by atoms with Crippen molar-refractivity contribution >= 4 is 29.3 Å². The van der Waals surface area contributed by atoms with Crippen LogP contribution in [0.4, 0.5) is 0 Å². The van der Waals surface area contributed by atoms with Crippen LogP contribution in [0.1, 0.15) is 157 Å². The molecule has 1 aromatic carbocycles. The number of rotatable bonds is 9. The molecule has 7 rings (SSSR count). The van der Waals surface area contributed by atoms with E-state index in [1.165, 1.54) is 5.57 Å². The summed E-state index contributed by atoms with van der Waals surface area (Å²) in [5.74, 6) is 1.37. The SMILES string of the molecule is CC(C)C1=C2[C@H]3CC[C@@H]4[C@@]5(C)CC[C@H](OC(=O)CC(C)(C)C(=O)O)C(C)(C)[C@@H]5CC[C@@]4(C)[C@]3(C)CC[C@@]2(Cc2nnc([C@H](C)c3ccc(Cl)cc3)o2)CC1=O. The maximum absolute atomic E-state index is 14.2. The molecule has 1 heterocycles. The van der Waals surface area contributed by atoms with Crippen LogP contribution < -0.4 is 0 Å². The van der Waals surface area contributed by atoms with E-state index in [0.717, 1.165) is 62.5 Å². The first kappa shape index (κ1) is 40.2. The van der Waals surface area contributed by atoms with Gasteiger partial charge in [0.25, 0.3) is 0 Å². The van der Waals surface area contributed by atoms with Gasteiger partial charge in [-0.3, -0.25) is 14.4 Å². The van der Waals surface area contributed by atoms with E-state index in [1.807, 2.05) is 24.3 Å². The van der Waals surface area contributed by atoms with Crippen LogP contribution >= 0.6 is 11.6 Å². The Hall–Kier alpha value is -3.00. The number of halogens is 1. The minimum atomic E-state index is -1.16. The van der Waals surface area contributed by atoms with Crippen LogP contribution in [0, 0.1) is 56.2 Å². The second-order valence-electron chi connectivity index (χ2n) is 20.7. The molecule has 4 saturated carbocycles. The molecule has 1 N–H and O–H groups in total. The number of aromatic nitrogens is 2. The third-order valence-corrected chi connectivity index (χ3v) is 16.9. The van der Waals surface area contributed by atoms with Crippen LogP contribution in [0.15, 0.2) is 39.8 Å². The summed E-state index contributed by atoms with van der Waals surface area (Å²) in [5.41, 5.74) is 1.98. The zero-order chi connectivity index (χ0) is 40.1. The van der Waals surface area contributed by atoms with Gasteiger partial charge in [0.05, 0.1) is 17.8 Å². The highest BCUT2D eigenvalue weighted by Gasteiger charge is 2.70. The first-order valence-corrected chi connectivity index (χ1v) is 21.3. The van der Waals surface area contributed by atoms with E-state index in [1.54, 1.807) is 13.8 Å². The van der Waals surface area contributed by atoms with E-state index in [9.17, 15) is 19.5 Å². The lowest BCUT2D eigenvalue weighted by Gasteiger charge is -2.72. The summed E-state index contributed by atoms with van der Waals surface area (Å²) in [4.78, 5) is 39.1. The average Bonchev–Trinajstić information content (AvgIpc) is 3.67. The number of benzene rings is 1. The number of ether oxygens (including phenoxy) is 1. The first-order chi connectivity index (χ1) is 25.6. The fourth-order valence-electron chi connectivity index (χ4n) is 13.5. The number of Topliss-reactive ketones (excluding diaryl/α,β-unsaturated/α-hetero) is 1. The Bertz CT molecular complexity index is 1890. The number of carboxylic acids is 1. The number of carboxylic acid groups (broad SMARTS) is 1. The van der Waals surface area contributed by atoms with Gasteiger partial charge in [-0.1, -0.05) is 77.8 Å². The predicted molar refractivity (Wildman–Crippen MR) is 212 cm³/mol. The molecule has 300 valence electrons. The second kappa shape index (κ2) is 13.6. The van der Waals surface area contributed by atoms with E-state index in [2.05, 4.69) is 65.6 Å². The summed E-state index contributed by atoms with van der Waals surface area (Å²) in [7, 11) is 0. The molecule has 0 amide bonds. The van der Waals surface area contributed by atoms with Gasteiger partial charge in [0, 0.05) is 28.7 Å². The van der Waals surface area contributed by atoms with Crippen molar-refractivity contribution in [2.24, 2.45) is 56.2 Å². The number of hydrogen-bond acceptors (Lipinski definition) is 7. The van der Waals surface area contributed by atoms with E-state index in [4.69, 9.17) is 20.8 Å². The molecule has 55 heavy (non-hydrogen) atoms. The second-order valence-corrected chi connectivity index (χ2v) is 21.1. The number of esters is 1. The van der Waals surface area contributed by atoms with E-state index in [-0.39, 0.29) is 51.4 Å². The number of nitrogens with zero attached hydrogens (tertiary/aromatic N) is 2. The Kier molecular flexibility index (Phi) is 9.91. The molecule has 4 fully saturated rings. The third-order valence-electron chi connectivity index (χ3n) is 16.7. The minimum absolute atomic E-state index is 0.0203. The monoisotopic (exact) mass is 774 g/mol. The Morgan fingerprint density at radius 3 is 2.27 bits per heavy atom. The van der Waals surface area contributed by atoms with Gasteiger partial charge in [0.1, 0.15) is 6.10 Å². The normalized spacial score (nSPS) is 36.1. The summed E-state index contributed by atoms with van der Waals surface area (Å²) in [6.07, 6.45) is 8.83. The number of ketones is 1. The number of aliphatic carboxylic acids is 1. The average molecular weight is 775 g/mol. The highest BCUT2D eigenvalue weighted by molar-refractivity contribution is 6.30. The summed E-state index contributed by atoms with van der Waals surface area (Å²) >= 11 is 6.16. The van der Waals surface area contributed by atoms with Gasteiger partial charge < -0.3 is 14.3 Å². The first-order valence-electron chi connectivity index (χ1n) is 20.9. The molecule has 5 aliphatic carbocycles. The Morgan fingerprint density at radius 1 is 0.927 bits per heavy atom. The lowest BCUT2D eigenvalue weighted by atomic mass is 9.33. The van der Waals surface area contributed by atoms with Gasteiger partial charge in [0.2, 0.25) is 11.8 Å². The van der Waals surface area contributed by atoms with Crippen molar-refractivity contribution in [2.75, 3.05) is 0 Å². The number of fused-ring (bicyclic) bond motifs is 7. The molecule has 0 radical (unpaired) electrons. The molecule has 9 heteroatoms. The molecule has 5 aliphatic rings. The topological polar surface area (TPSA) is 120 Å². The lowest BCUT2D eigenvalue weighted by molar-refractivity contribution is -0.233. The maximum atomic E-state index is 14.2. The van der Waals surface area contributed by atoms with Gasteiger partial charge in [-0.25, -0.2) is 0 Å². The van der Waals surface area contributed by atoms with Crippen LogP contribution in [-0.4, -0.2) is 39.1 Å². The Morgan fingerprint density at radius 2 is 1.62 bits per heavy atom. The number of hydrogen-bond donors (Lipinski definition) is 1. The van der Waals surface area contributed by atoms with Crippen LogP contribution in [0.5, 0.6) is 0 Å². The predicted octanol–water partition coefficient (Wildman–Crippen LogP) is 10.8. The standard InChI is InChI=1S/C46H63ClN2O6/c1-26(2)37-31(50)23-46(24-35-48-49-39(55-35)27(3)28-11-13-29(47)14-12-28)22-21-44(9)30(38(37)46)15-16-33-43(8)19-18-34(54-36(51)25-41(4,5)40(52)53)42(6,7)32(43)17-20-45(33,44)10/h11-14,26-27,30,32-34H,15-25H2,1-10H3,(H,52,53)/t27-,30-,32+,33-,34+,43+,44-,45-,46+/m1/s1. The van der Waals surface area contributed by atoms with Gasteiger partial charge >= 0.3 is 11.9 Å². The molecule has 0 saturated heterocycles. The largest absolute Gasteiger partial charge is 0.481 e. The molecule has 0 aliphatic heterocycles. The van der Waals surface area contributed by atoms with E-state index in [0.29, 0.717) is 53.2 Å². The fourth-order valence-corrected chi connectivity index (χ4v) is 13.6. The van der Waals surface area contributed by atoms with Crippen molar-refractivity contribution in [3.8, 4) is 0 Å². The smallest absolute Gasteiger partial charge is 0.309 e. The van der Waals surface area contributed by atoms with Crippen LogP contribution in [-0.2, 0) is 25.5 Å². The maximum Gasteiger partial charge on any atom is 0.309 e. The zero-order valence-electron chi connectivity index (χ0n) is 34.8. The van der Waals surface area contributed by atoms with Gasteiger partial charge in [0.15, 0.2) is 5.78 Å². The number of carbonyl (C=O) groups excluding carboxylic acids is 2. The highest BCUT2D eigenvalue weighted by atomic mass is 35.5. The molecule has 2 aromatic rings. The van der Waals surface area contributed by atoms with Gasteiger partial charge in [-0.15, -0.1) is 10.2 Å². The van der Waals surface area contributed by atoms with Crippen molar-refractivity contribution in [1.29, 1.82) is 0 Å². The zero-order valence-corrected chi connectivity index (χ0v) is 35.6. The van der Waals surface area contributed by atoms with Crippen molar-refractivity contribution in [3.05, 3.63) is 57.8 Å². The van der Waals surface area contributed by atoms with E-state index >= 15 is 0 Å². The molecule has 9 atom stereocenters.